The normalized spacial score (nSPS) is 11.9. The molecule has 2 heterocycles. The molecule has 164 valence electrons. The molecular formula is C25H24ClN3O3. The van der Waals surface area contributed by atoms with Crippen molar-refractivity contribution in [2.75, 3.05) is 6.54 Å². The molecule has 0 aliphatic rings. The van der Waals surface area contributed by atoms with Gasteiger partial charge in [-0.2, -0.15) is 0 Å². The van der Waals surface area contributed by atoms with Crippen molar-refractivity contribution in [2.24, 2.45) is 0 Å². The monoisotopic (exact) mass is 449 g/mol. The van der Waals surface area contributed by atoms with Crippen molar-refractivity contribution in [2.45, 2.75) is 25.3 Å². The molecule has 1 atom stereocenters. The highest BCUT2D eigenvalue weighted by atomic mass is 35.5. The van der Waals surface area contributed by atoms with Crippen LogP contribution < -0.4 is 10.6 Å². The first-order chi connectivity index (χ1) is 15.6. The van der Waals surface area contributed by atoms with Gasteiger partial charge in [0.05, 0.1) is 6.26 Å². The van der Waals surface area contributed by atoms with Gasteiger partial charge in [0.25, 0.3) is 5.91 Å². The van der Waals surface area contributed by atoms with Crippen LogP contribution in [0.3, 0.4) is 0 Å². The number of amides is 2. The van der Waals surface area contributed by atoms with Gasteiger partial charge in [-0.15, -0.1) is 0 Å². The van der Waals surface area contributed by atoms with Gasteiger partial charge in [0.2, 0.25) is 5.91 Å². The lowest BCUT2D eigenvalue weighted by molar-refractivity contribution is -0.122. The van der Waals surface area contributed by atoms with Gasteiger partial charge in [-0.1, -0.05) is 29.8 Å². The summed E-state index contributed by atoms with van der Waals surface area (Å²) in [5.74, 6) is 0.333. The maximum absolute atomic E-state index is 13.0. The Balaban J connectivity index is 1.45. The molecule has 2 aromatic carbocycles. The van der Waals surface area contributed by atoms with Crippen molar-refractivity contribution in [3.8, 4) is 0 Å². The lowest BCUT2D eigenvalue weighted by atomic mass is 10.0. The number of aromatic amines is 1. The fourth-order valence-corrected chi connectivity index (χ4v) is 3.75. The van der Waals surface area contributed by atoms with E-state index in [-0.39, 0.29) is 11.8 Å². The van der Waals surface area contributed by atoms with Gasteiger partial charge in [-0.05, 0) is 54.4 Å². The van der Waals surface area contributed by atoms with Crippen molar-refractivity contribution in [1.82, 2.24) is 15.6 Å². The Hall–Kier alpha value is -3.51. The van der Waals surface area contributed by atoms with Crippen molar-refractivity contribution in [3.05, 3.63) is 95.0 Å². The Bertz CT molecular complexity index is 1180. The molecule has 6 nitrogen and oxygen atoms in total. The Morgan fingerprint density at radius 2 is 1.84 bits per heavy atom. The number of aryl methyl sites for hydroxylation is 1. The number of hydrogen-bond acceptors (Lipinski definition) is 3. The molecule has 0 saturated heterocycles. The highest BCUT2D eigenvalue weighted by Crippen LogP contribution is 2.19. The van der Waals surface area contributed by atoms with Gasteiger partial charge in [-0.3, -0.25) is 9.59 Å². The van der Waals surface area contributed by atoms with Crippen molar-refractivity contribution in [1.29, 1.82) is 0 Å². The molecule has 4 rings (SSSR count). The summed E-state index contributed by atoms with van der Waals surface area (Å²) >= 11 is 5.92. The van der Waals surface area contributed by atoms with Crippen molar-refractivity contribution >= 4 is 34.3 Å². The fraction of sp³-hybridized carbons (Fsp3) is 0.200. The van der Waals surface area contributed by atoms with Crippen LogP contribution in [0.15, 0.2) is 77.5 Å². The van der Waals surface area contributed by atoms with Gasteiger partial charge in [0, 0.05) is 47.1 Å². The standard InChI is InChI=1S/C25H24ClN3O3/c26-19-11-9-17(10-12-19)24(30)29-23(15-18-16-28-22-8-2-1-7-21(18)22)25(31)27-13-3-5-20-6-4-14-32-20/h1-2,4,6-12,14,16,23,28H,3,5,13,15H2,(H,27,31)(H,29,30). The summed E-state index contributed by atoms with van der Waals surface area (Å²) in [6.45, 7) is 0.487. The number of aromatic nitrogens is 1. The number of halogens is 1. The highest BCUT2D eigenvalue weighted by molar-refractivity contribution is 6.30. The summed E-state index contributed by atoms with van der Waals surface area (Å²) in [6, 6.07) is 17.5. The Kier molecular flexibility index (Phi) is 6.92. The van der Waals surface area contributed by atoms with E-state index in [1.165, 1.54) is 0 Å². The fourth-order valence-electron chi connectivity index (χ4n) is 3.62. The highest BCUT2D eigenvalue weighted by Gasteiger charge is 2.23. The predicted molar refractivity (Wildman–Crippen MR) is 125 cm³/mol. The summed E-state index contributed by atoms with van der Waals surface area (Å²) in [4.78, 5) is 29.0. The number of fused-ring (bicyclic) bond motifs is 1. The van der Waals surface area contributed by atoms with Crippen LogP contribution in [0.2, 0.25) is 5.02 Å². The quantitative estimate of drug-likeness (QED) is 0.329. The second-order valence-electron chi connectivity index (χ2n) is 7.57. The minimum atomic E-state index is -0.721. The van der Waals surface area contributed by atoms with E-state index in [2.05, 4.69) is 15.6 Å². The number of para-hydroxylation sites is 1. The summed E-state index contributed by atoms with van der Waals surface area (Å²) < 4.78 is 5.33. The maximum atomic E-state index is 13.0. The first kappa shape index (κ1) is 21.7. The maximum Gasteiger partial charge on any atom is 0.251 e. The summed E-state index contributed by atoms with van der Waals surface area (Å²) in [6.07, 6.45) is 5.36. The van der Waals surface area contributed by atoms with Gasteiger partial charge >= 0.3 is 0 Å². The third-order valence-electron chi connectivity index (χ3n) is 5.31. The molecule has 0 aliphatic heterocycles. The van der Waals surface area contributed by atoms with E-state index in [0.29, 0.717) is 23.6 Å². The molecule has 0 aliphatic carbocycles. The van der Waals surface area contributed by atoms with Crippen LogP contribution in [0.25, 0.3) is 10.9 Å². The first-order valence-electron chi connectivity index (χ1n) is 10.5. The predicted octanol–water partition coefficient (Wildman–Crippen LogP) is 4.50. The molecule has 0 spiro atoms. The zero-order valence-corrected chi connectivity index (χ0v) is 18.2. The van der Waals surface area contributed by atoms with Gasteiger partial charge in [0.1, 0.15) is 11.8 Å². The van der Waals surface area contributed by atoms with E-state index in [9.17, 15) is 9.59 Å². The molecule has 32 heavy (non-hydrogen) atoms. The van der Waals surface area contributed by atoms with Crippen LogP contribution in [0.1, 0.15) is 28.1 Å². The topological polar surface area (TPSA) is 87.1 Å². The Morgan fingerprint density at radius 3 is 2.62 bits per heavy atom. The number of carbonyl (C=O) groups excluding carboxylic acids is 2. The SMILES string of the molecule is O=C(NC(Cc1c[nH]c2ccccc12)C(=O)NCCCc1ccco1)c1ccc(Cl)cc1. The molecule has 2 aromatic heterocycles. The molecule has 0 fully saturated rings. The van der Waals surface area contributed by atoms with Crippen LogP contribution in [0.4, 0.5) is 0 Å². The molecule has 4 aromatic rings. The van der Waals surface area contributed by atoms with E-state index in [0.717, 1.165) is 35.1 Å². The minimum absolute atomic E-state index is 0.225. The lowest BCUT2D eigenvalue weighted by Gasteiger charge is -2.18. The van der Waals surface area contributed by atoms with Crippen LogP contribution in [-0.2, 0) is 17.6 Å². The van der Waals surface area contributed by atoms with Crippen LogP contribution in [0.5, 0.6) is 0 Å². The van der Waals surface area contributed by atoms with E-state index >= 15 is 0 Å². The zero-order valence-electron chi connectivity index (χ0n) is 17.4. The van der Waals surface area contributed by atoms with Crippen molar-refractivity contribution < 1.29 is 14.0 Å². The van der Waals surface area contributed by atoms with Crippen molar-refractivity contribution in [3.63, 3.8) is 0 Å². The molecule has 0 saturated carbocycles. The Labute approximate surface area is 191 Å². The third kappa shape index (κ3) is 5.39. The number of nitrogens with one attached hydrogen (secondary N) is 3. The van der Waals surface area contributed by atoms with E-state index < -0.39 is 6.04 Å². The third-order valence-corrected chi connectivity index (χ3v) is 5.56. The molecule has 2 amide bonds. The van der Waals surface area contributed by atoms with E-state index in [4.69, 9.17) is 16.0 Å². The minimum Gasteiger partial charge on any atom is -0.469 e. The average Bonchev–Trinajstić information content (AvgIpc) is 3.47. The number of benzene rings is 2. The van der Waals surface area contributed by atoms with Gasteiger partial charge < -0.3 is 20.0 Å². The molecule has 0 radical (unpaired) electrons. The molecule has 7 heteroatoms. The number of furan rings is 1. The zero-order chi connectivity index (χ0) is 22.3. The van der Waals surface area contributed by atoms with Crippen LogP contribution >= 0.6 is 11.6 Å². The lowest BCUT2D eigenvalue weighted by Crippen LogP contribution is -2.48. The molecule has 3 N–H and O–H groups in total. The van der Waals surface area contributed by atoms with Gasteiger partial charge in [0.15, 0.2) is 0 Å². The second kappa shape index (κ2) is 10.2. The molecule has 0 bridgehead atoms. The summed E-state index contributed by atoms with van der Waals surface area (Å²) in [5.41, 5.74) is 2.40. The Morgan fingerprint density at radius 1 is 1.03 bits per heavy atom. The number of rotatable bonds is 9. The molecular weight excluding hydrogens is 426 g/mol. The van der Waals surface area contributed by atoms with E-state index in [1.54, 1.807) is 30.5 Å². The molecule has 1 unspecified atom stereocenters. The second-order valence-corrected chi connectivity index (χ2v) is 8.01. The number of H-pyrrole nitrogens is 1. The van der Waals surface area contributed by atoms with E-state index in [1.807, 2.05) is 42.6 Å². The summed E-state index contributed by atoms with van der Waals surface area (Å²) in [5, 5.41) is 7.41. The smallest absolute Gasteiger partial charge is 0.251 e. The number of hydrogen-bond donors (Lipinski definition) is 3. The summed E-state index contributed by atoms with van der Waals surface area (Å²) in [7, 11) is 0. The van der Waals surface area contributed by atoms with Crippen LogP contribution in [0, 0.1) is 0 Å². The first-order valence-corrected chi connectivity index (χ1v) is 10.9. The van der Waals surface area contributed by atoms with Gasteiger partial charge in [-0.25, -0.2) is 0 Å². The van der Waals surface area contributed by atoms with Crippen LogP contribution in [-0.4, -0.2) is 29.4 Å². The number of carbonyl (C=O) groups is 2. The largest absolute Gasteiger partial charge is 0.469 e. The average molecular weight is 450 g/mol.